The molecule has 0 amide bonds. The lowest BCUT2D eigenvalue weighted by molar-refractivity contribution is 0.162. The van der Waals surface area contributed by atoms with E-state index in [1.807, 2.05) is 0 Å². The third-order valence-corrected chi connectivity index (χ3v) is 4.81. The van der Waals surface area contributed by atoms with Crippen LogP contribution >= 0.6 is 0 Å². The van der Waals surface area contributed by atoms with Gasteiger partial charge >= 0.3 is 0 Å². The lowest BCUT2D eigenvalue weighted by atomic mass is 9.91. The number of nitrogens with zero attached hydrogens (tertiary/aromatic N) is 1. The number of aliphatic hydroxyl groups is 1. The minimum atomic E-state index is 0.345. The topological polar surface area (TPSA) is 23.5 Å². The third kappa shape index (κ3) is 8.97. The van der Waals surface area contributed by atoms with Gasteiger partial charge in [-0.1, -0.05) is 64.7 Å². The van der Waals surface area contributed by atoms with Gasteiger partial charge in [0, 0.05) is 13.2 Å². The molecule has 0 aliphatic carbocycles. The second-order valence-electron chi connectivity index (χ2n) is 6.63. The molecule has 0 atom stereocenters. The molecule has 1 heterocycles. The van der Waals surface area contributed by atoms with Crippen LogP contribution in [0.3, 0.4) is 0 Å². The molecule has 1 aliphatic heterocycles. The second kappa shape index (κ2) is 12.6. The normalized spacial score (nSPS) is 17.7. The predicted molar refractivity (Wildman–Crippen MR) is 88.1 cm³/mol. The van der Waals surface area contributed by atoms with Crippen molar-refractivity contribution in [2.24, 2.45) is 5.92 Å². The van der Waals surface area contributed by atoms with E-state index in [0.717, 1.165) is 18.9 Å². The van der Waals surface area contributed by atoms with Gasteiger partial charge in [0.15, 0.2) is 0 Å². The summed E-state index contributed by atoms with van der Waals surface area (Å²) in [5.74, 6) is 0.987. The Balaban J connectivity index is 1.86. The van der Waals surface area contributed by atoms with Crippen LogP contribution in [-0.2, 0) is 0 Å². The molecule has 0 aromatic rings. The highest BCUT2D eigenvalue weighted by Crippen LogP contribution is 2.23. The second-order valence-corrected chi connectivity index (χ2v) is 6.63. The highest BCUT2D eigenvalue weighted by atomic mass is 16.3. The van der Waals surface area contributed by atoms with Crippen LogP contribution in [0.4, 0.5) is 0 Å². The van der Waals surface area contributed by atoms with E-state index in [-0.39, 0.29) is 0 Å². The van der Waals surface area contributed by atoms with Gasteiger partial charge in [0.25, 0.3) is 0 Å². The zero-order valence-electron chi connectivity index (χ0n) is 13.8. The Morgan fingerprint density at radius 3 is 2.05 bits per heavy atom. The van der Waals surface area contributed by atoms with Crippen molar-refractivity contribution in [3.63, 3.8) is 0 Å². The fourth-order valence-corrected chi connectivity index (χ4v) is 3.36. The molecule has 0 radical (unpaired) electrons. The van der Waals surface area contributed by atoms with E-state index in [1.54, 1.807) is 0 Å². The van der Waals surface area contributed by atoms with E-state index >= 15 is 0 Å². The van der Waals surface area contributed by atoms with Crippen LogP contribution in [-0.4, -0.2) is 36.2 Å². The monoisotopic (exact) mass is 283 g/mol. The Kier molecular flexibility index (Phi) is 11.4. The van der Waals surface area contributed by atoms with Gasteiger partial charge in [0.1, 0.15) is 0 Å². The van der Waals surface area contributed by atoms with Crippen molar-refractivity contribution in [1.29, 1.82) is 0 Å². The molecule has 1 fully saturated rings. The maximum atomic E-state index is 8.86. The summed E-state index contributed by atoms with van der Waals surface area (Å²) < 4.78 is 0. The molecule has 20 heavy (non-hydrogen) atoms. The number of rotatable bonds is 12. The van der Waals surface area contributed by atoms with E-state index in [0.29, 0.717) is 6.61 Å². The van der Waals surface area contributed by atoms with Crippen molar-refractivity contribution >= 4 is 0 Å². The van der Waals surface area contributed by atoms with Gasteiger partial charge < -0.3 is 10.0 Å². The fourth-order valence-electron chi connectivity index (χ4n) is 3.36. The van der Waals surface area contributed by atoms with E-state index < -0.39 is 0 Å². The van der Waals surface area contributed by atoms with Gasteiger partial charge in [-0.05, 0) is 38.3 Å². The average Bonchev–Trinajstić information content (AvgIpc) is 2.49. The minimum absolute atomic E-state index is 0.345. The molecular formula is C18H37NO. The standard InChI is InChI=1S/C18H37NO/c1-2-3-4-5-6-7-8-9-11-18-12-15-19(16-13-18)14-10-17-20/h18,20H,2-17H2,1H3. The van der Waals surface area contributed by atoms with Crippen LogP contribution in [0.25, 0.3) is 0 Å². The van der Waals surface area contributed by atoms with E-state index in [2.05, 4.69) is 11.8 Å². The number of piperidine rings is 1. The summed E-state index contributed by atoms with van der Waals surface area (Å²) in [4.78, 5) is 2.53. The summed E-state index contributed by atoms with van der Waals surface area (Å²) in [6, 6.07) is 0. The molecule has 1 rings (SSSR count). The van der Waals surface area contributed by atoms with Gasteiger partial charge in [0.2, 0.25) is 0 Å². The molecule has 120 valence electrons. The predicted octanol–water partition coefficient (Wildman–Crippen LogP) is 4.61. The summed E-state index contributed by atoms with van der Waals surface area (Å²) in [6.07, 6.45) is 16.7. The number of hydrogen-bond acceptors (Lipinski definition) is 2. The first kappa shape index (κ1) is 18.0. The molecule has 0 unspecified atom stereocenters. The zero-order chi connectivity index (χ0) is 14.5. The first-order valence-electron chi connectivity index (χ1n) is 9.20. The van der Waals surface area contributed by atoms with Gasteiger partial charge in [-0.3, -0.25) is 0 Å². The van der Waals surface area contributed by atoms with E-state index in [1.165, 1.54) is 83.7 Å². The van der Waals surface area contributed by atoms with Crippen molar-refractivity contribution in [1.82, 2.24) is 4.90 Å². The van der Waals surface area contributed by atoms with Crippen molar-refractivity contribution < 1.29 is 5.11 Å². The summed E-state index contributed by atoms with van der Waals surface area (Å²) >= 11 is 0. The minimum Gasteiger partial charge on any atom is -0.396 e. The number of unbranched alkanes of at least 4 members (excludes halogenated alkanes) is 7. The summed E-state index contributed by atoms with van der Waals surface area (Å²) in [6.45, 7) is 6.26. The molecule has 2 nitrogen and oxygen atoms in total. The quantitative estimate of drug-likeness (QED) is 0.529. The van der Waals surface area contributed by atoms with Crippen LogP contribution < -0.4 is 0 Å². The van der Waals surface area contributed by atoms with Gasteiger partial charge in [0.05, 0.1) is 0 Å². The molecule has 1 N–H and O–H groups in total. The smallest absolute Gasteiger partial charge is 0.0443 e. The van der Waals surface area contributed by atoms with Crippen LogP contribution in [0.5, 0.6) is 0 Å². The van der Waals surface area contributed by atoms with Crippen LogP contribution in [0, 0.1) is 5.92 Å². The molecule has 0 bridgehead atoms. The Hall–Kier alpha value is -0.0800. The Labute approximate surface area is 126 Å². The molecular weight excluding hydrogens is 246 g/mol. The van der Waals surface area contributed by atoms with Gasteiger partial charge in [-0.15, -0.1) is 0 Å². The number of likely N-dealkylation sites (tertiary alicyclic amines) is 1. The molecule has 0 saturated carbocycles. The van der Waals surface area contributed by atoms with Crippen molar-refractivity contribution in [2.45, 2.75) is 84.0 Å². The molecule has 1 aliphatic rings. The molecule has 0 aromatic carbocycles. The van der Waals surface area contributed by atoms with Crippen LogP contribution in [0.15, 0.2) is 0 Å². The van der Waals surface area contributed by atoms with Gasteiger partial charge in [-0.2, -0.15) is 0 Å². The van der Waals surface area contributed by atoms with Gasteiger partial charge in [-0.25, -0.2) is 0 Å². The lowest BCUT2D eigenvalue weighted by Crippen LogP contribution is -2.34. The molecule has 0 aromatic heterocycles. The highest BCUT2D eigenvalue weighted by molar-refractivity contribution is 4.72. The fraction of sp³-hybridized carbons (Fsp3) is 1.00. The van der Waals surface area contributed by atoms with Crippen molar-refractivity contribution in [3.05, 3.63) is 0 Å². The summed E-state index contributed by atoms with van der Waals surface area (Å²) in [7, 11) is 0. The zero-order valence-corrected chi connectivity index (χ0v) is 13.8. The molecule has 2 heteroatoms. The SMILES string of the molecule is CCCCCCCCCCC1CCN(CCCO)CC1. The molecule has 1 saturated heterocycles. The number of aliphatic hydroxyl groups excluding tert-OH is 1. The van der Waals surface area contributed by atoms with E-state index in [9.17, 15) is 0 Å². The lowest BCUT2D eigenvalue weighted by Gasteiger charge is -2.31. The Bertz CT molecular complexity index is 200. The average molecular weight is 284 g/mol. The first-order valence-corrected chi connectivity index (χ1v) is 9.20. The van der Waals surface area contributed by atoms with Crippen molar-refractivity contribution in [2.75, 3.05) is 26.2 Å². The Morgan fingerprint density at radius 2 is 1.45 bits per heavy atom. The maximum Gasteiger partial charge on any atom is 0.0443 e. The van der Waals surface area contributed by atoms with Crippen LogP contribution in [0.2, 0.25) is 0 Å². The summed E-state index contributed by atoms with van der Waals surface area (Å²) in [5.41, 5.74) is 0. The Morgan fingerprint density at radius 1 is 0.850 bits per heavy atom. The van der Waals surface area contributed by atoms with Crippen molar-refractivity contribution in [3.8, 4) is 0 Å². The highest BCUT2D eigenvalue weighted by Gasteiger charge is 2.17. The van der Waals surface area contributed by atoms with Crippen LogP contribution in [0.1, 0.15) is 84.0 Å². The third-order valence-electron chi connectivity index (χ3n) is 4.81. The maximum absolute atomic E-state index is 8.86. The first-order chi connectivity index (χ1) is 9.86. The summed E-state index contributed by atoms with van der Waals surface area (Å²) in [5, 5.41) is 8.86. The number of hydrogen-bond donors (Lipinski definition) is 1. The van der Waals surface area contributed by atoms with E-state index in [4.69, 9.17) is 5.11 Å². The largest absolute Gasteiger partial charge is 0.396 e. The molecule has 0 spiro atoms.